The number of nitrogens with one attached hydrogen (secondary N) is 2. The van der Waals surface area contributed by atoms with Crippen LogP contribution >= 0.6 is 0 Å². The summed E-state index contributed by atoms with van der Waals surface area (Å²) in [4.78, 5) is 30.4. The van der Waals surface area contributed by atoms with Crippen molar-refractivity contribution in [2.75, 3.05) is 0 Å². The molecule has 2 unspecified atom stereocenters. The summed E-state index contributed by atoms with van der Waals surface area (Å²) in [6, 6.07) is 0.240. The van der Waals surface area contributed by atoms with Crippen LogP contribution in [-0.4, -0.2) is 59.4 Å². The molecule has 3 fully saturated rings. The minimum absolute atomic E-state index is 0.0304. The fourth-order valence-electron chi connectivity index (χ4n) is 6.25. The Kier molecular flexibility index (Phi) is 8.46. The molecule has 0 saturated heterocycles. The third-order valence-corrected chi connectivity index (χ3v) is 9.27. The highest BCUT2D eigenvalue weighted by Gasteiger charge is 2.48. The van der Waals surface area contributed by atoms with Crippen LogP contribution in [0.15, 0.2) is 24.7 Å². The number of hydrogen-bond acceptors (Lipinski definition) is 6. The molecule has 2 N–H and O–H groups in total. The molecule has 3 saturated carbocycles. The van der Waals surface area contributed by atoms with Crippen molar-refractivity contribution in [2.24, 2.45) is 17.8 Å². The monoisotopic (exact) mass is 658 g/mol. The van der Waals surface area contributed by atoms with Gasteiger partial charge >= 0.3 is 6.18 Å². The van der Waals surface area contributed by atoms with Crippen molar-refractivity contribution in [3.05, 3.63) is 41.6 Å². The summed E-state index contributed by atoms with van der Waals surface area (Å²) in [6.45, 7) is -0.202. The SMILES string of the molecule is O=C(CCC(F)(F)F)NC(c1cnn2cc([C@@H](NC(=O)c3cnnn3CC3CCC3(F)F)C3CCC(F)(F)CC3)nc2c1)C1CC1. The Morgan fingerprint density at radius 1 is 0.957 bits per heavy atom. The number of carbonyl (C=O) groups is 2. The van der Waals surface area contributed by atoms with Crippen LogP contribution in [0.3, 0.4) is 0 Å². The smallest absolute Gasteiger partial charge is 0.349 e. The first-order chi connectivity index (χ1) is 21.7. The summed E-state index contributed by atoms with van der Waals surface area (Å²) < 4.78 is 96.5. The zero-order valence-corrected chi connectivity index (χ0v) is 24.6. The maximum atomic E-state index is 14.1. The lowest BCUT2D eigenvalue weighted by Gasteiger charge is -2.36. The van der Waals surface area contributed by atoms with Gasteiger partial charge in [-0.3, -0.25) is 9.59 Å². The molecule has 6 rings (SSSR count). The van der Waals surface area contributed by atoms with E-state index in [0.717, 1.165) is 23.7 Å². The first-order valence-corrected chi connectivity index (χ1v) is 15.3. The minimum atomic E-state index is -4.46. The average Bonchev–Trinajstić information content (AvgIpc) is 3.56. The van der Waals surface area contributed by atoms with Crippen LogP contribution in [0.25, 0.3) is 5.65 Å². The second-order valence-electron chi connectivity index (χ2n) is 12.7. The number of hydrogen-bond donors (Lipinski definition) is 2. The van der Waals surface area contributed by atoms with E-state index in [9.17, 15) is 40.3 Å². The number of fused-ring (bicyclic) bond motifs is 1. The number of imidazole rings is 1. The summed E-state index contributed by atoms with van der Waals surface area (Å²) in [7, 11) is 0. The fraction of sp³-hybridized carbons (Fsp3) is 0.655. The van der Waals surface area contributed by atoms with Crippen LogP contribution in [0.1, 0.15) is 98.0 Å². The highest BCUT2D eigenvalue weighted by Crippen LogP contribution is 2.45. The molecule has 3 aliphatic carbocycles. The molecule has 0 bridgehead atoms. The molecule has 3 heterocycles. The molecule has 0 radical (unpaired) electrons. The van der Waals surface area contributed by atoms with Gasteiger partial charge in [0.25, 0.3) is 11.8 Å². The highest BCUT2D eigenvalue weighted by molar-refractivity contribution is 5.92. The molecule has 3 atom stereocenters. The van der Waals surface area contributed by atoms with Crippen LogP contribution in [0.4, 0.5) is 30.7 Å². The van der Waals surface area contributed by atoms with E-state index in [4.69, 9.17) is 0 Å². The van der Waals surface area contributed by atoms with E-state index in [1.165, 1.54) is 10.7 Å². The van der Waals surface area contributed by atoms with Crippen molar-refractivity contribution in [2.45, 2.75) is 101 Å². The standard InChI is InChI=1S/C29H33F7N8O2/c30-27(31)7-3-17(4-8-27)25(41-26(46)21-13-37-42-43(21)14-19-5-9-28(19,32)33)20-15-44-22(39-20)11-18(12-38-44)24(16-1-2-16)40-23(45)6-10-29(34,35)36/h11-13,15-17,19,24-25H,1-10,14H2,(H,40,45)(H,41,46)/t19?,24?,25-/m0/s1. The number of carbonyl (C=O) groups excluding carboxylic acids is 2. The number of amides is 2. The number of alkyl halides is 7. The van der Waals surface area contributed by atoms with Gasteiger partial charge < -0.3 is 10.6 Å². The maximum Gasteiger partial charge on any atom is 0.389 e. The Labute approximate surface area is 258 Å². The Morgan fingerprint density at radius 3 is 2.30 bits per heavy atom. The van der Waals surface area contributed by atoms with Gasteiger partial charge in [-0.05, 0) is 55.6 Å². The molecule has 0 aromatic carbocycles. The maximum absolute atomic E-state index is 14.1. The lowest BCUT2D eigenvalue weighted by atomic mass is 9.80. The van der Waals surface area contributed by atoms with Crippen LogP contribution in [0.2, 0.25) is 0 Å². The van der Waals surface area contributed by atoms with Gasteiger partial charge in [0.05, 0.1) is 49.3 Å². The Morgan fingerprint density at radius 2 is 1.67 bits per heavy atom. The number of halogens is 7. The van der Waals surface area contributed by atoms with Gasteiger partial charge in [-0.25, -0.2) is 31.7 Å². The van der Waals surface area contributed by atoms with Crippen molar-refractivity contribution >= 4 is 17.5 Å². The first-order valence-electron chi connectivity index (χ1n) is 15.3. The van der Waals surface area contributed by atoms with E-state index in [1.54, 1.807) is 12.3 Å². The summed E-state index contributed by atoms with van der Waals surface area (Å²) >= 11 is 0. The predicted octanol–water partition coefficient (Wildman–Crippen LogP) is 5.57. The van der Waals surface area contributed by atoms with Crippen molar-refractivity contribution < 1.29 is 40.3 Å². The molecule has 46 heavy (non-hydrogen) atoms. The van der Waals surface area contributed by atoms with E-state index < -0.39 is 66.6 Å². The normalized spacial score (nSPS) is 22.6. The molecule has 250 valence electrons. The van der Waals surface area contributed by atoms with Gasteiger partial charge in [0, 0.05) is 31.6 Å². The molecule has 2 amide bonds. The van der Waals surface area contributed by atoms with Crippen molar-refractivity contribution in [1.29, 1.82) is 0 Å². The Balaban J connectivity index is 1.24. The molecule has 0 spiro atoms. The van der Waals surface area contributed by atoms with Crippen LogP contribution in [0, 0.1) is 17.8 Å². The third kappa shape index (κ3) is 7.27. The lowest BCUT2D eigenvalue weighted by Crippen LogP contribution is -2.42. The largest absolute Gasteiger partial charge is 0.389 e. The Hall–Kier alpha value is -3.79. The first kappa shape index (κ1) is 32.2. The molecule has 0 aliphatic heterocycles. The van der Waals surface area contributed by atoms with Crippen molar-refractivity contribution in [3.63, 3.8) is 0 Å². The molecular weight excluding hydrogens is 625 g/mol. The quantitative estimate of drug-likeness (QED) is 0.260. The molecule has 3 aromatic rings. The molecular formula is C29H33F7N8O2. The third-order valence-electron chi connectivity index (χ3n) is 9.27. The van der Waals surface area contributed by atoms with Crippen LogP contribution < -0.4 is 10.6 Å². The molecule has 17 heteroatoms. The highest BCUT2D eigenvalue weighted by atomic mass is 19.4. The topological polar surface area (TPSA) is 119 Å². The zero-order valence-electron chi connectivity index (χ0n) is 24.6. The zero-order chi connectivity index (χ0) is 32.9. The van der Waals surface area contributed by atoms with E-state index in [2.05, 4.69) is 31.0 Å². The minimum Gasteiger partial charge on any atom is -0.349 e. The van der Waals surface area contributed by atoms with Gasteiger partial charge in [0.2, 0.25) is 11.8 Å². The second-order valence-corrected chi connectivity index (χ2v) is 12.7. The van der Waals surface area contributed by atoms with E-state index in [-0.39, 0.29) is 56.7 Å². The van der Waals surface area contributed by atoms with E-state index >= 15 is 0 Å². The average molecular weight is 659 g/mol. The van der Waals surface area contributed by atoms with Gasteiger partial charge in [0.1, 0.15) is 5.69 Å². The molecule has 3 aromatic heterocycles. The van der Waals surface area contributed by atoms with Crippen LogP contribution in [-0.2, 0) is 11.3 Å². The van der Waals surface area contributed by atoms with Gasteiger partial charge in [0.15, 0.2) is 5.65 Å². The van der Waals surface area contributed by atoms with E-state index in [0.29, 0.717) is 16.9 Å². The van der Waals surface area contributed by atoms with Gasteiger partial charge in [-0.2, -0.15) is 18.3 Å². The summed E-state index contributed by atoms with van der Waals surface area (Å²) in [6.07, 6.45) is -1.18. The fourth-order valence-corrected chi connectivity index (χ4v) is 6.25. The van der Waals surface area contributed by atoms with Crippen LogP contribution in [0.5, 0.6) is 0 Å². The molecule has 10 nitrogen and oxygen atoms in total. The summed E-state index contributed by atoms with van der Waals surface area (Å²) in [5.74, 6) is -8.48. The molecule has 3 aliphatic rings. The number of nitrogens with zero attached hydrogens (tertiary/aromatic N) is 6. The summed E-state index contributed by atoms with van der Waals surface area (Å²) in [5.41, 5.74) is 1.15. The lowest BCUT2D eigenvalue weighted by molar-refractivity contribution is -0.144. The number of aromatic nitrogens is 6. The Bertz CT molecular complexity index is 1570. The second kappa shape index (κ2) is 12.1. The van der Waals surface area contributed by atoms with Crippen molar-refractivity contribution in [1.82, 2.24) is 40.2 Å². The van der Waals surface area contributed by atoms with Gasteiger partial charge in [-0.1, -0.05) is 5.21 Å². The predicted molar refractivity (Wildman–Crippen MR) is 147 cm³/mol. The number of rotatable bonds is 11. The van der Waals surface area contributed by atoms with Crippen molar-refractivity contribution in [3.8, 4) is 0 Å². The summed E-state index contributed by atoms with van der Waals surface area (Å²) in [5, 5.41) is 17.5. The van der Waals surface area contributed by atoms with Gasteiger partial charge in [-0.15, -0.1) is 5.10 Å². The van der Waals surface area contributed by atoms with E-state index in [1.807, 2.05) is 0 Å².